The van der Waals surface area contributed by atoms with Crippen LogP contribution in [0.1, 0.15) is 16.7 Å². The lowest BCUT2D eigenvalue weighted by molar-refractivity contribution is -0.137. The van der Waals surface area contributed by atoms with Crippen molar-refractivity contribution in [1.82, 2.24) is 0 Å². The molecule has 0 amide bonds. The first-order valence-electron chi connectivity index (χ1n) is 4.68. The summed E-state index contributed by atoms with van der Waals surface area (Å²) in [5.41, 5.74) is 4.45. The largest absolute Gasteiger partial charge is 0.480 e. The zero-order valence-electron chi connectivity index (χ0n) is 8.29. The van der Waals surface area contributed by atoms with E-state index >= 15 is 0 Å². The van der Waals surface area contributed by atoms with Gasteiger partial charge in [-0.15, -0.1) is 0 Å². The number of benzene rings is 1. The maximum atomic E-state index is 10.8. The zero-order valence-corrected chi connectivity index (χ0v) is 8.29. The molecule has 0 saturated heterocycles. The van der Waals surface area contributed by atoms with Gasteiger partial charge in [0.25, 0.3) is 0 Å². The van der Waals surface area contributed by atoms with Crippen molar-refractivity contribution in [2.45, 2.75) is 26.3 Å². The number of carboxylic acids is 1. The average molecular weight is 191 g/mol. The van der Waals surface area contributed by atoms with Gasteiger partial charge in [0.1, 0.15) is 6.04 Å². The molecule has 14 heavy (non-hydrogen) atoms. The third-order valence-electron chi connectivity index (χ3n) is 2.78. The van der Waals surface area contributed by atoms with Crippen LogP contribution in [0.2, 0.25) is 0 Å². The smallest absolute Gasteiger partial charge is 0.326 e. The second-order valence-corrected chi connectivity index (χ2v) is 3.79. The molecule has 0 unspecified atom stereocenters. The predicted octanol–water partition coefficient (Wildman–Crippen LogP) is 1.72. The van der Waals surface area contributed by atoms with E-state index in [0.717, 1.165) is 16.8 Å². The Labute approximate surface area is 82.8 Å². The van der Waals surface area contributed by atoms with Gasteiger partial charge in [0, 0.05) is 12.1 Å². The van der Waals surface area contributed by atoms with Crippen molar-refractivity contribution < 1.29 is 9.90 Å². The number of aryl methyl sites for hydroxylation is 2. The van der Waals surface area contributed by atoms with Crippen LogP contribution in [0.15, 0.2) is 12.1 Å². The monoisotopic (exact) mass is 191 g/mol. The van der Waals surface area contributed by atoms with Crippen LogP contribution in [-0.2, 0) is 11.2 Å². The van der Waals surface area contributed by atoms with E-state index in [1.165, 1.54) is 5.56 Å². The second kappa shape index (κ2) is 3.01. The molecule has 0 aromatic heterocycles. The van der Waals surface area contributed by atoms with Gasteiger partial charge in [0.05, 0.1) is 0 Å². The number of fused-ring (bicyclic) bond motifs is 1. The summed E-state index contributed by atoms with van der Waals surface area (Å²) in [6.07, 6.45) is 0.595. The van der Waals surface area contributed by atoms with E-state index in [4.69, 9.17) is 5.11 Å². The number of carboxylic acid groups (broad SMARTS) is 1. The first kappa shape index (κ1) is 9.06. The molecular formula is C11H13NO2. The molecule has 1 aliphatic rings. The maximum Gasteiger partial charge on any atom is 0.326 e. The molecule has 2 N–H and O–H groups in total. The van der Waals surface area contributed by atoms with Crippen molar-refractivity contribution in [2.24, 2.45) is 0 Å². The highest BCUT2D eigenvalue weighted by Gasteiger charge is 2.28. The minimum Gasteiger partial charge on any atom is -0.480 e. The van der Waals surface area contributed by atoms with Crippen LogP contribution >= 0.6 is 0 Å². The van der Waals surface area contributed by atoms with E-state index in [2.05, 4.69) is 5.32 Å². The summed E-state index contributed by atoms with van der Waals surface area (Å²) >= 11 is 0. The highest BCUT2D eigenvalue weighted by molar-refractivity contribution is 5.82. The predicted molar refractivity (Wildman–Crippen MR) is 54.7 cm³/mol. The summed E-state index contributed by atoms with van der Waals surface area (Å²) in [4.78, 5) is 10.8. The Morgan fingerprint density at radius 3 is 2.64 bits per heavy atom. The van der Waals surface area contributed by atoms with E-state index in [0.29, 0.717) is 6.42 Å². The van der Waals surface area contributed by atoms with Crippen LogP contribution in [0.5, 0.6) is 0 Å². The molecule has 1 aliphatic heterocycles. The third-order valence-corrected chi connectivity index (χ3v) is 2.78. The van der Waals surface area contributed by atoms with Crippen molar-refractivity contribution in [1.29, 1.82) is 0 Å². The summed E-state index contributed by atoms with van der Waals surface area (Å²) < 4.78 is 0. The maximum absolute atomic E-state index is 10.8. The van der Waals surface area contributed by atoms with E-state index in [9.17, 15) is 4.79 Å². The number of hydrogen-bond acceptors (Lipinski definition) is 2. The number of carbonyl (C=O) groups is 1. The Morgan fingerprint density at radius 2 is 2.07 bits per heavy atom. The van der Waals surface area contributed by atoms with Crippen LogP contribution < -0.4 is 5.32 Å². The third kappa shape index (κ3) is 1.25. The molecule has 0 aliphatic carbocycles. The highest BCUT2D eigenvalue weighted by atomic mass is 16.4. The van der Waals surface area contributed by atoms with Crippen molar-refractivity contribution >= 4 is 11.7 Å². The normalized spacial score (nSPS) is 18.9. The van der Waals surface area contributed by atoms with Crippen LogP contribution in [0, 0.1) is 13.8 Å². The Bertz CT molecular complexity index is 368. The molecule has 0 spiro atoms. The van der Waals surface area contributed by atoms with Gasteiger partial charge < -0.3 is 10.4 Å². The molecule has 3 nitrogen and oxygen atoms in total. The lowest BCUT2D eigenvalue weighted by atomic mass is 10.0. The Kier molecular flexibility index (Phi) is 1.95. The van der Waals surface area contributed by atoms with E-state index < -0.39 is 12.0 Å². The van der Waals surface area contributed by atoms with Crippen molar-refractivity contribution in [3.8, 4) is 0 Å². The van der Waals surface area contributed by atoms with Crippen molar-refractivity contribution in [3.63, 3.8) is 0 Å². The number of aliphatic carboxylic acids is 1. The molecule has 1 atom stereocenters. The van der Waals surface area contributed by atoms with E-state index in [1.807, 2.05) is 26.0 Å². The Balaban J connectivity index is 2.43. The van der Waals surface area contributed by atoms with E-state index in [-0.39, 0.29) is 0 Å². The summed E-state index contributed by atoms with van der Waals surface area (Å²) in [5.74, 6) is -0.778. The Hall–Kier alpha value is -1.51. The zero-order chi connectivity index (χ0) is 10.3. The Morgan fingerprint density at radius 1 is 1.43 bits per heavy atom. The molecule has 0 fully saturated rings. The van der Waals surface area contributed by atoms with Gasteiger partial charge in [-0.1, -0.05) is 12.1 Å². The minimum absolute atomic E-state index is 0.454. The fraction of sp³-hybridized carbons (Fsp3) is 0.364. The fourth-order valence-corrected chi connectivity index (χ4v) is 1.91. The first-order chi connectivity index (χ1) is 6.59. The van der Waals surface area contributed by atoms with Gasteiger partial charge in [0.15, 0.2) is 0 Å². The molecule has 0 bridgehead atoms. The van der Waals surface area contributed by atoms with Crippen LogP contribution in [0.25, 0.3) is 0 Å². The van der Waals surface area contributed by atoms with Gasteiger partial charge in [0.2, 0.25) is 0 Å². The van der Waals surface area contributed by atoms with Crippen LogP contribution in [0.4, 0.5) is 5.69 Å². The van der Waals surface area contributed by atoms with Gasteiger partial charge in [-0.3, -0.25) is 0 Å². The average Bonchev–Trinajstić information content (AvgIpc) is 2.57. The lowest BCUT2D eigenvalue weighted by Crippen LogP contribution is -2.26. The number of hydrogen-bond donors (Lipinski definition) is 2. The van der Waals surface area contributed by atoms with E-state index in [1.54, 1.807) is 0 Å². The van der Waals surface area contributed by atoms with Crippen molar-refractivity contribution in [2.75, 3.05) is 5.32 Å². The van der Waals surface area contributed by atoms with Gasteiger partial charge >= 0.3 is 5.97 Å². The number of nitrogens with one attached hydrogen (secondary N) is 1. The van der Waals surface area contributed by atoms with Crippen molar-refractivity contribution in [3.05, 3.63) is 28.8 Å². The standard InChI is InChI=1S/C11H13NO2/c1-6-3-4-7(2)10-8(6)5-9(12-10)11(13)14/h3-4,9,12H,5H2,1-2H3,(H,13,14)/t9-/m1/s1. The first-order valence-corrected chi connectivity index (χ1v) is 4.68. The molecule has 2 rings (SSSR count). The van der Waals surface area contributed by atoms with Crippen LogP contribution in [0.3, 0.4) is 0 Å². The highest BCUT2D eigenvalue weighted by Crippen LogP contribution is 2.31. The van der Waals surface area contributed by atoms with Gasteiger partial charge in [-0.05, 0) is 30.5 Å². The fourth-order valence-electron chi connectivity index (χ4n) is 1.91. The molecule has 0 radical (unpaired) electrons. The quantitative estimate of drug-likeness (QED) is 0.710. The molecule has 1 aromatic carbocycles. The topological polar surface area (TPSA) is 49.3 Å². The van der Waals surface area contributed by atoms with Crippen LogP contribution in [-0.4, -0.2) is 17.1 Å². The summed E-state index contributed by atoms with van der Waals surface area (Å²) in [5, 5.41) is 11.9. The van der Waals surface area contributed by atoms with Gasteiger partial charge in [-0.2, -0.15) is 0 Å². The molecule has 0 saturated carbocycles. The minimum atomic E-state index is -0.778. The van der Waals surface area contributed by atoms with Gasteiger partial charge in [-0.25, -0.2) is 4.79 Å². The molecule has 74 valence electrons. The number of rotatable bonds is 1. The lowest BCUT2D eigenvalue weighted by Gasteiger charge is -2.07. The SMILES string of the molecule is Cc1ccc(C)c2c1C[C@H](C(=O)O)N2. The molecule has 1 aromatic rings. The number of anilines is 1. The summed E-state index contributed by atoms with van der Waals surface area (Å²) in [6.45, 7) is 4.01. The molecular weight excluding hydrogens is 178 g/mol. The summed E-state index contributed by atoms with van der Waals surface area (Å²) in [6, 6.07) is 3.61. The molecule has 1 heterocycles. The molecule has 3 heteroatoms. The summed E-state index contributed by atoms with van der Waals surface area (Å²) in [7, 11) is 0. The second-order valence-electron chi connectivity index (χ2n) is 3.79.